The maximum absolute atomic E-state index is 13.5. The fraction of sp³-hybridized carbons (Fsp3) is 0.308. The SMILES string of the molecule is CC(C)Cn1ccnc1Nc1c(F)cc(F)cc1F. The normalized spacial score (nSPS) is 11.1. The van der Waals surface area contributed by atoms with Crippen LogP contribution in [0.15, 0.2) is 24.5 Å². The molecule has 1 heterocycles. The minimum atomic E-state index is -0.989. The van der Waals surface area contributed by atoms with Gasteiger partial charge < -0.3 is 9.88 Å². The van der Waals surface area contributed by atoms with Gasteiger partial charge >= 0.3 is 0 Å². The van der Waals surface area contributed by atoms with Crippen LogP contribution in [0.3, 0.4) is 0 Å². The van der Waals surface area contributed by atoms with Crippen LogP contribution in [0.1, 0.15) is 13.8 Å². The van der Waals surface area contributed by atoms with Gasteiger partial charge in [-0.1, -0.05) is 13.8 Å². The van der Waals surface area contributed by atoms with E-state index in [1.54, 1.807) is 10.8 Å². The van der Waals surface area contributed by atoms with Crippen LogP contribution >= 0.6 is 0 Å². The number of nitrogens with zero attached hydrogens (tertiary/aromatic N) is 2. The largest absolute Gasteiger partial charge is 0.321 e. The highest BCUT2D eigenvalue weighted by Crippen LogP contribution is 2.24. The molecular formula is C13H14F3N3. The molecule has 0 saturated carbocycles. The van der Waals surface area contributed by atoms with Crippen LogP contribution in [0.5, 0.6) is 0 Å². The van der Waals surface area contributed by atoms with E-state index in [2.05, 4.69) is 10.3 Å². The minimum Gasteiger partial charge on any atom is -0.321 e. The van der Waals surface area contributed by atoms with Crippen molar-refractivity contribution in [2.24, 2.45) is 5.92 Å². The first-order chi connectivity index (χ1) is 8.97. The number of imidazole rings is 1. The lowest BCUT2D eigenvalue weighted by atomic mass is 10.2. The molecule has 0 radical (unpaired) electrons. The number of rotatable bonds is 4. The first kappa shape index (κ1) is 13.5. The van der Waals surface area contributed by atoms with E-state index in [1.165, 1.54) is 6.20 Å². The monoisotopic (exact) mass is 269 g/mol. The van der Waals surface area contributed by atoms with Gasteiger partial charge in [0, 0.05) is 31.1 Å². The molecule has 1 N–H and O–H groups in total. The second-order valence-electron chi connectivity index (χ2n) is 4.67. The van der Waals surface area contributed by atoms with Crippen LogP contribution in [0.25, 0.3) is 0 Å². The summed E-state index contributed by atoms with van der Waals surface area (Å²) in [6.45, 7) is 4.69. The molecular weight excluding hydrogens is 255 g/mol. The lowest BCUT2D eigenvalue weighted by Gasteiger charge is -2.12. The average molecular weight is 269 g/mol. The molecule has 0 aliphatic rings. The van der Waals surface area contributed by atoms with Crippen molar-refractivity contribution in [2.45, 2.75) is 20.4 Å². The van der Waals surface area contributed by atoms with Gasteiger partial charge in [-0.2, -0.15) is 0 Å². The van der Waals surface area contributed by atoms with Crippen molar-refractivity contribution in [3.05, 3.63) is 42.0 Å². The van der Waals surface area contributed by atoms with E-state index >= 15 is 0 Å². The Hall–Kier alpha value is -1.98. The van der Waals surface area contributed by atoms with Crippen molar-refractivity contribution in [1.29, 1.82) is 0 Å². The first-order valence-corrected chi connectivity index (χ1v) is 5.90. The summed E-state index contributed by atoms with van der Waals surface area (Å²) in [4.78, 5) is 3.99. The molecule has 2 rings (SSSR count). The zero-order chi connectivity index (χ0) is 14.0. The summed E-state index contributed by atoms with van der Waals surface area (Å²) >= 11 is 0. The van der Waals surface area contributed by atoms with Crippen LogP contribution in [0.4, 0.5) is 24.8 Å². The maximum Gasteiger partial charge on any atom is 0.207 e. The fourth-order valence-corrected chi connectivity index (χ4v) is 1.75. The third-order valence-electron chi connectivity index (χ3n) is 2.52. The highest BCUT2D eigenvalue weighted by molar-refractivity contribution is 5.55. The van der Waals surface area contributed by atoms with Crippen LogP contribution in [-0.4, -0.2) is 9.55 Å². The average Bonchev–Trinajstić information content (AvgIpc) is 2.70. The first-order valence-electron chi connectivity index (χ1n) is 5.90. The van der Waals surface area contributed by atoms with Crippen molar-refractivity contribution >= 4 is 11.6 Å². The molecule has 2 aromatic rings. The van der Waals surface area contributed by atoms with E-state index < -0.39 is 23.1 Å². The Labute approximate surface area is 109 Å². The topological polar surface area (TPSA) is 29.9 Å². The molecule has 0 aliphatic carbocycles. The Morgan fingerprint density at radius 3 is 2.42 bits per heavy atom. The molecule has 0 saturated heterocycles. The zero-order valence-electron chi connectivity index (χ0n) is 10.6. The molecule has 0 atom stereocenters. The molecule has 0 bridgehead atoms. The number of hydrogen-bond donors (Lipinski definition) is 1. The minimum absolute atomic E-state index is 0.318. The third kappa shape index (κ3) is 3.07. The summed E-state index contributed by atoms with van der Waals surface area (Å²) in [7, 11) is 0. The standard InChI is InChI=1S/C13H14F3N3/c1-8(2)7-19-4-3-17-13(19)18-12-10(15)5-9(14)6-11(12)16/h3-6,8H,7H2,1-2H3,(H,17,18). The van der Waals surface area contributed by atoms with Gasteiger partial charge in [-0.05, 0) is 5.92 Å². The number of hydrogen-bond acceptors (Lipinski definition) is 2. The Balaban J connectivity index is 2.29. The van der Waals surface area contributed by atoms with Gasteiger partial charge in [-0.15, -0.1) is 0 Å². The number of anilines is 2. The van der Waals surface area contributed by atoms with E-state index in [0.717, 1.165) is 0 Å². The molecule has 1 aromatic carbocycles. The Morgan fingerprint density at radius 2 is 1.84 bits per heavy atom. The van der Waals surface area contributed by atoms with Gasteiger partial charge in [0.15, 0.2) is 11.6 Å². The third-order valence-corrected chi connectivity index (χ3v) is 2.52. The van der Waals surface area contributed by atoms with E-state index in [1.807, 2.05) is 13.8 Å². The van der Waals surface area contributed by atoms with Gasteiger partial charge in [0.1, 0.15) is 11.5 Å². The van der Waals surface area contributed by atoms with E-state index in [-0.39, 0.29) is 0 Å². The molecule has 1 aromatic heterocycles. The van der Waals surface area contributed by atoms with Crippen molar-refractivity contribution in [3.63, 3.8) is 0 Å². The molecule has 0 aliphatic heterocycles. The predicted octanol–water partition coefficient (Wildman–Crippen LogP) is 3.70. The fourth-order valence-electron chi connectivity index (χ4n) is 1.75. The van der Waals surface area contributed by atoms with E-state index in [4.69, 9.17) is 0 Å². The van der Waals surface area contributed by atoms with Crippen molar-refractivity contribution in [2.75, 3.05) is 5.32 Å². The van der Waals surface area contributed by atoms with Crippen molar-refractivity contribution in [3.8, 4) is 0 Å². The van der Waals surface area contributed by atoms with E-state index in [0.29, 0.717) is 30.5 Å². The molecule has 0 fully saturated rings. The number of nitrogens with one attached hydrogen (secondary N) is 1. The summed E-state index contributed by atoms with van der Waals surface area (Å²) in [5.41, 5.74) is -0.405. The van der Waals surface area contributed by atoms with Crippen LogP contribution < -0.4 is 5.32 Å². The Kier molecular flexibility index (Phi) is 3.78. The summed E-state index contributed by atoms with van der Waals surface area (Å²) in [5.74, 6) is -2.25. The van der Waals surface area contributed by atoms with Crippen LogP contribution in [-0.2, 0) is 6.54 Å². The molecule has 0 amide bonds. The quantitative estimate of drug-likeness (QED) is 0.917. The number of aromatic nitrogens is 2. The lowest BCUT2D eigenvalue weighted by molar-refractivity contribution is 0.525. The molecule has 6 heteroatoms. The van der Waals surface area contributed by atoms with Crippen LogP contribution in [0.2, 0.25) is 0 Å². The highest BCUT2D eigenvalue weighted by atomic mass is 19.1. The number of halogens is 3. The molecule has 102 valence electrons. The van der Waals surface area contributed by atoms with Crippen molar-refractivity contribution < 1.29 is 13.2 Å². The second kappa shape index (κ2) is 5.34. The molecule has 0 unspecified atom stereocenters. The summed E-state index contributed by atoms with van der Waals surface area (Å²) < 4.78 is 41.6. The van der Waals surface area contributed by atoms with Gasteiger partial charge in [-0.3, -0.25) is 0 Å². The van der Waals surface area contributed by atoms with Gasteiger partial charge in [0.05, 0.1) is 0 Å². The van der Waals surface area contributed by atoms with Gasteiger partial charge in [-0.25, -0.2) is 18.2 Å². The van der Waals surface area contributed by atoms with E-state index in [9.17, 15) is 13.2 Å². The summed E-state index contributed by atoms with van der Waals surface area (Å²) in [5, 5.41) is 2.56. The lowest BCUT2D eigenvalue weighted by Crippen LogP contribution is -2.09. The van der Waals surface area contributed by atoms with Gasteiger partial charge in [0.2, 0.25) is 5.95 Å². The Bertz CT molecular complexity index is 555. The summed E-state index contributed by atoms with van der Waals surface area (Å²) in [6.07, 6.45) is 3.24. The maximum atomic E-state index is 13.5. The predicted molar refractivity (Wildman–Crippen MR) is 66.7 cm³/mol. The summed E-state index contributed by atoms with van der Waals surface area (Å²) in [6, 6.07) is 1.25. The Morgan fingerprint density at radius 1 is 1.21 bits per heavy atom. The van der Waals surface area contributed by atoms with Gasteiger partial charge in [0.25, 0.3) is 0 Å². The van der Waals surface area contributed by atoms with Crippen molar-refractivity contribution in [1.82, 2.24) is 9.55 Å². The highest BCUT2D eigenvalue weighted by Gasteiger charge is 2.14. The smallest absolute Gasteiger partial charge is 0.207 e. The number of benzene rings is 1. The molecule has 0 spiro atoms. The second-order valence-corrected chi connectivity index (χ2v) is 4.67. The van der Waals surface area contributed by atoms with Crippen LogP contribution in [0, 0.1) is 23.4 Å². The zero-order valence-corrected chi connectivity index (χ0v) is 10.6. The molecule has 19 heavy (non-hydrogen) atoms. The molecule has 3 nitrogen and oxygen atoms in total.